The topological polar surface area (TPSA) is 72.9 Å². The van der Waals surface area contributed by atoms with Crippen molar-refractivity contribution in [1.82, 2.24) is 9.88 Å². The molecule has 0 spiro atoms. The van der Waals surface area contributed by atoms with Crippen molar-refractivity contribution < 1.29 is 19.0 Å². The summed E-state index contributed by atoms with van der Waals surface area (Å²) in [6.45, 7) is 2.42. The van der Waals surface area contributed by atoms with Crippen LogP contribution in [0, 0.1) is 6.92 Å². The number of anilines is 1. The number of carbonyl (C=O) groups is 1. The predicted molar refractivity (Wildman–Crippen MR) is 93.4 cm³/mol. The van der Waals surface area contributed by atoms with Gasteiger partial charge >= 0.3 is 6.03 Å². The molecule has 8 heteroatoms. The molecule has 24 heavy (non-hydrogen) atoms. The number of carbonyl (C=O) groups excluding carboxylic acids is 1. The van der Waals surface area contributed by atoms with Gasteiger partial charge < -0.3 is 24.4 Å². The van der Waals surface area contributed by atoms with Gasteiger partial charge in [-0.25, -0.2) is 9.78 Å². The number of hydrogen-bond donors (Lipinski definition) is 1. The lowest BCUT2D eigenvalue weighted by atomic mass is 10.2. The number of rotatable bonds is 6. The number of amides is 2. The summed E-state index contributed by atoms with van der Waals surface area (Å²) in [5.74, 6) is 1.44. The standard InChI is InChI=1S/C16H21N3O4S/c1-10-17-8-12(24-10)9-19(2)16(20)18-11-6-13(21-3)15(23-5)14(7-11)22-4/h6-8H,9H2,1-5H3,(H,18,20). The van der Waals surface area contributed by atoms with Crippen molar-refractivity contribution in [2.75, 3.05) is 33.7 Å². The molecule has 130 valence electrons. The van der Waals surface area contributed by atoms with E-state index in [2.05, 4.69) is 10.3 Å². The normalized spacial score (nSPS) is 10.2. The molecule has 0 saturated carbocycles. The number of benzene rings is 1. The summed E-state index contributed by atoms with van der Waals surface area (Å²) in [6.07, 6.45) is 1.78. The molecule has 1 aromatic heterocycles. The summed E-state index contributed by atoms with van der Waals surface area (Å²) >= 11 is 1.57. The Hall–Kier alpha value is -2.48. The van der Waals surface area contributed by atoms with E-state index in [-0.39, 0.29) is 6.03 Å². The summed E-state index contributed by atoms with van der Waals surface area (Å²) < 4.78 is 15.8. The third-order valence-corrected chi connectivity index (χ3v) is 4.22. The van der Waals surface area contributed by atoms with Gasteiger partial charge in [-0.1, -0.05) is 0 Å². The van der Waals surface area contributed by atoms with Crippen molar-refractivity contribution in [2.45, 2.75) is 13.5 Å². The second-order valence-corrected chi connectivity index (χ2v) is 6.37. The number of thiazole rings is 1. The van der Waals surface area contributed by atoms with Crippen molar-refractivity contribution in [3.63, 3.8) is 0 Å². The Labute approximate surface area is 145 Å². The SMILES string of the molecule is COc1cc(NC(=O)N(C)Cc2cnc(C)s2)cc(OC)c1OC. The number of aromatic nitrogens is 1. The third-order valence-electron chi connectivity index (χ3n) is 3.32. The Bertz CT molecular complexity index is 692. The molecular weight excluding hydrogens is 330 g/mol. The molecule has 2 aromatic rings. The van der Waals surface area contributed by atoms with Crippen LogP contribution in [0.25, 0.3) is 0 Å². The highest BCUT2D eigenvalue weighted by Crippen LogP contribution is 2.39. The quantitative estimate of drug-likeness (QED) is 0.865. The molecule has 0 aliphatic carbocycles. The lowest BCUT2D eigenvalue weighted by molar-refractivity contribution is 0.221. The van der Waals surface area contributed by atoms with Gasteiger partial charge in [0.05, 0.1) is 38.6 Å². The average molecular weight is 351 g/mol. The Balaban J connectivity index is 2.13. The third kappa shape index (κ3) is 4.08. The van der Waals surface area contributed by atoms with E-state index >= 15 is 0 Å². The van der Waals surface area contributed by atoms with E-state index in [4.69, 9.17) is 14.2 Å². The first-order valence-corrected chi connectivity index (χ1v) is 8.03. The van der Waals surface area contributed by atoms with Crippen LogP contribution >= 0.6 is 11.3 Å². The molecular formula is C16H21N3O4S. The zero-order valence-corrected chi connectivity index (χ0v) is 15.2. The molecule has 0 unspecified atom stereocenters. The van der Waals surface area contributed by atoms with Crippen LogP contribution < -0.4 is 19.5 Å². The molecule has 2 amide bonds. The van der Waals surface area contributed by atoms with Gasteiger partial charge in [0, 0.05) is 30.3 Å². The molecule has 0 atom stereocenters. The van der Waals surface area contributed by atoms with Crippen LogP contribution in [0.15, 0.2) is 18.3 Å². The summed E-state index contributed by atoms with van der Waals surface area (Å²) in [7, 11) is 6.31. The second kappa shape index (κ2) is 7.87. The van der Waals surface area contributed by atoms with Crippen molar-refractivity contribution in [1.29, 1.82) is 0 Å². The van der Waals surface area contributed by atoms with Gasteiger partial charge in [-0.05, 0) is 6.92 Å². The van der Waals surface area contributed by atoms with Crippen LogP contribution in [-0.2, 0) is 6.54 Å². The van der Waals surface area contributed by atoms with Crippen molar-refractivity contribution in [2.24, 2.45) is 0 Å². The largest absolute Gasteiger partial charge is 0.493 e. The fourth-order valence-corrected chi connectivity index (χ4v) is 3.00. The molecule has 7 nitrogen and oxygen atoms in total. The first-order chi connectivity index (χ1) is 11.5. The molecule has 0 fully saturated rings. The summed E-state index contributed by atoms with van der Waals surface area (Å²) in [5.41, 5.74) is 0.557. The smallest absolute Gasteiger partial charge is 0.321 e. The van der Waals surface area contributed by atoms with Crippen LogP contribution in [0.4, 0.5) is 10.5 Å². The van der Waals surface area contributed by atoms with Gasteiger partial charge in [0.25, 0.3) is 0 Å². The summed E-state index contributed by atoms with van der Waals surface area (Å²) in [6, 6.07) is 3.13. The first-order valence-electron chi connectivity index (χ1n) is 7.22. The monoisotopic (exact) mass is 351 g/mol. The average Bonchev–Trinajstić information content (AvgIpc) is 2.98. The fraction of sp³-hybridized carbons (Fsp3) is 0.375. The summed E-state index contributed by atoms with van der Waals surface area (Å²) in [5, 5.41) is 3.80. The van der Waals surface area contributed by atoms with E-state index in [1.807, 2.05) is 6.92 Å². The van der Waals surface area contributed by atoms with Gasteiger partial charge in [0.2, 0.25) is 5.75 Å². The van der Waals surface area contributed by atoms with Gasteiger partial charge in [-0.15, -0.1) is 11.3 Å². The second-order valence-electron chi connectivity index (χ2n) is 5.05. The molecule has 1 aromatic carbocycles. The lowest BCUT2D eigenvalue weighted by Crippen LogP contribution is -2.30. The number of nitrogens with zero attached hydrogens (tertiary/aromatic N) is 2. The van der Waals surface area contributed by atoms with E-state index in [9.17, 15) is 4.79 Å². The van der Waals surface area contributed by atoms with E-state index in [0.717, 1.165) is 9.88 Å². The van der Waals surface area contributed by atoms with Crippen molar-refractivity contribution >= 4 is 23.1 Å². The van der Waals surface area contributed by atoms with Gasteiger partial charge in [0.1, 0.15) is 0 Å². The number of aryl methyl sites for hydroxylation is 1. The number of hydrogen-bond acceptors (Lipinski definition) is 6. The minimum atomic E-state index is -0.240. The zero-order valence-electron chi connectivity index (χ0n) is 14.4. The Morgan fingerprint density at radius 1 is 1.21 bits per heavy atom. The highest BCUT2D eigenvalue weighted by Gasteiger charge is 2.16. The molecule has 0 aliphatic heterocycles. The van der Waals surface area contributed by atoms with Gasteiger partial charge in [-0.3, -0.25) is 0 Å². The highest BCUT2D eigenvalue weighted by atomic mass is 32.1. The minimum Gasteiger partial charge on any atom is -0.493 e. The maximum atomic E-state index is 12.4. The Morgan fingerprint density at radius 3 is 2.29 bits per heavy atom. The van der Waals surface area contributed by atoms with E-state index in [1.165, 1.54) is 21.3 Å². The van der Waals surface area contributed by atoms with Crippen LogP contribution in [0.5, 0.6) is 17.2 Å². The minimum absolute atomic E-state index is 0.240. The number of methoxy groups -OCH3 is 3. The molecule has 0 bridgehead atoms. The van der Waals surface area contributed by atoms with E-state index in [0.29, 0.717) is 29.5 Å². The maximum absolute atomic E-state index is 12.4. The van der Waals surface area contributed by atoms with Gasteiger partial charge in [-0.2, -0.15) is 0 Å². The number of nitrogens with one attached hydrogen (secondary N) is 1. The highest BCUT2D eigenvalue weighted by molar-refractivity contribution is 7.11. The van der Waals surface area contributed by atoms with Crippen molar-refractivity contribution in [3.05, 3.63) is 28.2 Å². The van der Waals surface area contributed by atoms with Crippen LogP contribution in [0.3, 0.4) is 0 Å². The predicted octanol–water partition coefficient (Wildman–Crippen LogP) is 3.14. The zero-order chi connectivity index (χ0) is 17.7. The van der Waals surface area contributed by atoms with Crippen molar-refractivity contribution in [3.8, 4) is 17.2 Å². The van der Waals surface area contributed by atoms with E-state index in [1.54, 1.807) is 41.6 Å². The van der Waals surface area contributed by atoms with E-state index < -0.39 is 0 Å². The fourth-order valence-electron chi connectivity index (χ4n) is 2.16. The molecule has 0 saturated heterocycles. The van der Waals surface area contributed by atoms with Gasteiger partial charge in [0.15, 0.2) is 11.5 Å². The Morgan fingerprint density at radius 2 is 1.83 bits per heavy atom. The molecule has 0 aliphatic rings. The van der Waals surface area contributed by atoms with Crippen LogP contribution in [0.1, 0.15) is 9.88 Å². The first kappa shape index (κ1) is 17.9. The molecule has 2 rings (SSSR count). The Kier molecular flexibility index (Phi) is 5.86. The molecule has 0 radical (unpaired) electrons. The lowest BCUT2D eigenvalue weighted by Gasteiger charge is -2.19. The van der Waals surface area contributed by atoms with Crippen LogP contribution in [-0.4, -0.2) is 44.3 Å². The van der Waals surface area contributed by atoms with Crippen LogP contribution in [0.2, 0.25) is 0 Å². The maximum Gasteiger partial charge on any atom is 0.321 e. The summed E-state index contributed by atoms with van der Waals surface area (Å²) in [4.78, 5) is 19.2. The number of ether oxygens (including phenoxy) is 3. The number of urea groups is 1. The molecule has 1 N–H and O–H groups in total. The molecule has 1 heterocycles.